The van der Waals surface area contributed by atoms with E-state index in [4.69, 9.17) is 16.3 Å². The van der Waals surface area contributed by atoms with Crippen molar-refractivity contribution >= 4 is 40.7 Å². The Kier molecular flexibility index (Phi) is 5.36. The van der Waals surface area contributed by atoms with E-state index in [0.717, 1.165) is 11.0 Å². The topological polar surface area (TPSA) is 110 Å². The minimum atomic E-state index is -0.968. The molecule has 2 fully saturated rings. The summed E-state index contributed by atoms with van der Waals surface area (Å²) in [6.07, 6.45) is 1.24. The Morgan fingerprint density at radius 3 is 2.45 bits per heavy atom. The van der Waals surface area contributed by atoms with Crippen LogP contribution >= 0.6 is 11.6 Å². The molecule has 1 heterocycles. The van der Waals surface area contributed by atoms with Gasteiger partial charge in [0, 0.05) is 17.7 Å². The lowest BCUT2D eigenvalue weighted by Crippen LogP contribution is -2.46. The number of ether oxygens (including phenoxy) is 1. The summed E-state index contributed by atoms with van der Waals surface area (Å²) >= 11 is 5.85. The number of methoxy groups -OCH3 is 1. The van der Waals surface area contributed by atoms with Crippen molar-refractivity contribution in [3.8, 4) is 5.75 Å². The largest absolute Gasteiger partial charge is 0.497 e. The third kappa shape index (κ3) is 3.84. The van der Waals surface area contributed by atoms with Crippen LogP contribution in [0.1, 0.15) is 29.6 Å². The minimum absolute atomic E-state index is 0.0474. The maximum absolute atomic E-state index is 13.2. The van der Waals surface area contributed by atoms with Crippen molar-refractivity contribution in [1.29, 1.82) is 0 Å². The van der Waals surface area contributed by atoms with Gasteiger partial charge in [0.25, 0.3) is 17.5 Å². The molecule has 2 aliphatic rings. The van der Waals surface area contributed by atoms with Crippen molar-refractivity contribution in [2.45, 2.75) is 31.3 Å². The molecule has 9 nitrogen and oxygen atoms in total. The lowest BCUT2D eigenvalue weighted by Gasteiger charge is -2.27. The molecule has 0 spiro atoms. The van der Waals surface area contributed by atoms with Crippen LogP contribution in [0.4, 0.5) is 11.4 Å². The van der Waals surface area contributed by atoms with Gasteiger partial charge in [0.05, 0.1) is 24.1 Å². The van der Waals surface area contributed by atoms with Gasteiger partial charge in [0.2, 0.25) is 5.91 Å². The molecule has 0 radical (unpaired) electrons. The summed E-state index contributed by atoms with van der Waals surface area (Å²) in [5, 5.41) is 11.1. The SMILES string of the molecule is COc1ccc(N2C(=O)CC(N(C(=O)c3ccc(Cl)c([N+](=O)[O-])c3)C3CC3)C2=O)cc1. The van der Waals surface area contributed by atoms with Crippen molar-refractivity contribution in [1.82, 2.24) is 4.90 Å². The van der Waals surface area contributed by atoms with Crippen LogP contribution in [-0.4, -0.2) is 46.7 Å². The minimum Gasteiger partial charge on any atom is -0.497 e. The molecule has 3 amide bonds. The van der Waals surface area contributed by atoms with Crippen molar-refractivity contribution in [3.05, 3.63) is 63.2 Å². The smallest absolute Gasteiger partial charge is 0.288 e. The summed E-state index contributed by atoms with van der Waals surface area (Å²) in [7, 11) is 1.51. The van der Waals surface area contributed by atoms with Gasteiger partial charge in [-0.2, -0.15) is 0 Å². The van der Waals surface area contributed by atoms with Crippen molar-refractivity contribution in [3.63, 3.8) is 0 Å². The van der Waals surface area contributed by atoms with Gasteiger partial charge in [-0.15, -0.1) is 0 Å². The summed E-state index contributed by atoms with van der Waals surface area (Å²) in [4.78, 5) is 52.0. The third-order valence-electron chi connectivity index (χ3n) is 5.35. The molecule has 0 aromatic heterocycles. The molecule has 160 valence electrons. The number of hydrogen-bond donors (Lipinski definition) is 0. The maximum atomic E-state index is 13.2. The zero-order chi connectivity index (χ0) is 22.3. The molecule has 2 aromatic rings. The number of nitro groups is 1. The van der Waals surface area contributed by atoms with Crippen molar-refractivity contribution in [2.24, 2.45) is 0 Å². The van der Waals surface area contributed by atoms with Gasteiger partial charge in [-0.05, 0) is 49.2 Å². The van der Waals surface area contributed by atoms with Gasteiger partial charge in [-0.1, -0.05) is 11.6 Å². The second-order valence-corrected chi connectivity index (χ2v) is 7.76. The fraction of sp³-hybridized carbons (Fsp3) is 0.286. The molecule has 2 aromatic carbocycles. The highest BCUT2D eigenvalue weighted by molar-refractivity contribution is 6.32. The van der Waals surface area contributed by atoms with Crippen LogP contribution in [0.3, 0.4) is 0 Å². The van der Waals surface area contributed by atoms with Crippen LogP contribution in [0.25, 0.3) is 0 Å². The molecule has 1 aliphatic heterocycles. The Labute approximate surface area is 182 Å². The molecule has 1 aliphatic carbocycles. The van der Waals surface area contributed by atoms with E-state index in [-0.39, 0.29) is 23.0 Å². The predicted molar refractivity (Wildman–Crippen MR) is 111 cm³/mol. The van der Waals surface area contributed by atoms with Gasteiger partial charge in [-0.3, -0.25) is 24.5 Å². The van der Waals surface area contributed by atoms with Gasteiger partial charge in [-0.25, -0.2) is 4.90 Å². The Balaban J connectivity index is 1.64. The molecular weight excluding hydrogens is 426 g/mol. The number of rotatable bonds is 6. The first-order valence-electron chi connectivity index (χ1n) is 9.59. The number of amides is 3. The van der Waals surface area contributed by atoms with E-state index in [1.54, 1.807) is 24.3 Å². The molecule has 31 heavy (non-hydrogen) atoms. The molecule has 0 N–H and O–H groups in total. The van der Waals surface area contributed by atoms with Crippen molar-refractivity contribution in [2.75, 3.05) is 12.0 Å². The van der Waals surface area contributed by atoms with Crippen LogP contribution in [0.15, 0.2) is 42.5 Å². The van der Waals surface area contributed by atoms with Gasteiger partial charge in [0.1, 0.15) is 16.8 Å². The van der Waals surface area contributed by atoms with Gasteiger partial charge < -0.3 is 9.64 Å². The lowest BCUT2D eigenvalue weighted by molar-refractivity contribution is -0.384. The van der Waals surface area contributed by atoms with E-state index in [1.807, 2.05) is 0 Å². The highest BCUT2D eigenvalue weighted by atomic mass is 35.5. The number of benzene rings is 2. The molecule has 1 atom stereocenters. The first-order valence-corrected chi connectivity index (χ1v) is 9.97. The van der Waals surface area contributed by atoms with E-state index in [2.05, 4.69) is 0 Å². The maximum Gasteiger partial charge on any atom is 0.288 e. The first-order chi connectivity index (χ1) is 14.8. The zero-order valence-electron chi connectivity index (χ0n) is 16.5. The predicted octanol–water partition coefficient (Wildman–Crippen LogP) is 3.19. The molecule has 1 saturated carbocycles. The quantitative estimate of drug-likeness (QED) is 0.385. The average molecular weight is 444 g/mol. The molecule has 4 rings (SSSR count). The fourth-order valence-electron chi connectivity index (χ4n) is 3.69. The van der Waals surface area contributed by atoms with Gasteiger partial charge in [0.15, 0.2) is 0 Å². The van der Waals surface area contributed by atoms with Crippen LogP contribution < -0.4 is 9.64 Å². The number of hydrogen-bond acceptors (Lipinski definition) is 6. The fourth-order valence-corrected chi connectivity index (χ4v) is 3.87. The highest BCUT2D eigenvalue weighted by Crippen LogP contribution is 2.36. The van der Waals surface area contributed by atoms with Crippen LogP contribution in [0.2, 0.25) is 5.02 Å². The standard InChI is InChI=1S/C21H18ClN3O6/c1-31-15-7-5-14(6-8-15)24-19(26)11-18(21(24)28)23(13-3-4-13)20(27)12-2-9-16(22)17(10-12)25(29)30/h2,5-10,13,18H,3-4,11H2,1H3. The number of carbonyl (C=O) groups excluding carboxylic acids is 3. The Bertz CT molecular complexity index is 1080. The Hall–Kier alpha value is -3.46. The molecular formula is C21H18ClN3O6. The zero-order valence-corrected chi connectivity index (χ0v) is 17.2. The Morgan fingerprint density at radius 1 is 1.19 bits per heavy atom. The summed E-state index contributed by atoms with van der Waals surface area (Å²) < 4.78 is 5.10. The number of nitro benzene ring substituents is 1. The summed E-state index contributed by atoms with van der Waals surface area (Å²) in [6.45, 7) is 0. The first kappa shape index (κ1) is 20.8. The van der Waals surface area contributed by atoms with Crippen LogP contribution in [-0.2, 0) is 9.59 Å². The molecule has 10 heteroatoms. The average Bonchev–Trinajstić information content (AvgIpc) is 3.54. The number of carbonyl (C=O) groups is 3. The monoisotopic (exact) mass is 443 g/mol. The van der Waals surface area contributed by atoms with E-state index in [0.29, 0.717) is 24.3 Å². The molecule has 0 bridgehead atoms. The highest BCUT2D eigenvalue weighted by Gasteiger charge is 2.49. The number of imide groups is 1. The second-order valence-electron chi connectivity index (χ2n) is 7.35. The van der Waals surface area contributed by atoms with Crippen molar-refractivity contribution < 1.29 is 24.0 Å². The van der Waals surface area contributed by atoms with E-state index in [1.165, 1.54) is 24.1 Å². The second kappa shape index (κ2) is 7.99. The van der Waals surface area contributed by atoms with E-state index in [9.17, 15) is 24.5 Å². The summed E-state index contributed by atoms with van der Waals surface area (Å²) in [6, 6.07) is 9.08. The normalized spacial score (nSPS) is 18.3. The molecule has 1 saturated heterocycles. The number of nitrogens with zero attached hydrogens (tertiary/aromatic N) is 3. The number of halogens is 1. The van der Waals surface area contributed by atoms with Gasteiger partial charge >= 0.3 is 0 Å². The number of anilines is 1. The Morgan fingerprint density at radius 2 is 1.87 bits per heavy atom. The van der Waals surface area contributed by atoms with E-state index >= 15 is 0 Å². The molecule has 1 unspecified atom stereocenters. The van der Waals surface area contributed by atoms with Crippen LogP contribution in [0, 0.1) is 10.1 Å². The summed E-state index contributed by atoms with van der Waals surface area (Å²) in [5.74, 6) is -0.872. The van der Waals surface area contributed by atoms with Crippen LogP contribution in [0.5, 0.6) is 5.75 Å². The van der Waals surface area contributed by atoms with E-state index < -0.39 is 34.4 Å². The third-order valence-corrected chi connectivity index (χ3v) is 5.67. The summed E-state index contributed by atoms with van der Waals surface area (Å²) in [5.41, 5.74) is 0.0479. The lowest BCUT2D eigenvalue weighted by atomic mass is 10.1.